The number of hydrogen-bond donors (Lipinski definition) is 0. The van der Waals surface area contributed by atoms with E-state index in [0.717, 1.165) is 29.6 Å². The van der Waals surface area contributed by atoms with Crippen LogP contribution in [0.15, 0.2) is 11.4 Å². The maximum Gasteiger partial charge on any atom is 0.223 e. The molecule has 2 aromatic rings. The third-order valence-electron chi connectivity index (χ3n) is 3.65. The van der Waals surface area contributed by atoms with Gasteiger partial charge in [0.05, 0.1) is 6.54 Å². The third kappa shape index (κ3) is 2.65. The monoisotopic (exact) mass is 309 g/mol. The number of nitrogens with zero attached hydrogens (tertiary/aromatic N) is 3. The minimum atomic E-state index is 0.203. The third-order valence-corrected chi connectivity index (χ3v) is 4.74. The first-order valence-electron chi connectivity index (χ1n) is 6.84. The number of thiophene rings is 1. The number of amides is 1. The lowest BCUT2D eigenvalue weighted by atomic mass is 10.0. The van der Waals surface area contributed by atoms with Crippen LogP contribution >= 0.6 is 22.9 Å². The van der Waals surface area contributed by atoms with Gasteiger partial charge < -0.3 is 4.90 Å². The molecule has 3 rings (SSSR count). The topological polar surface area (TPSA) is 46.1 Å². The van der Waals surface area contributed by atoms with Crippen molar-refractivity contribution in [3.63, 3.8) is 0 Å². The van der Waals surface area contributed by atoms with E-state index in [0.29, 0.717) is 29.9 Å². The van der Waals surface area contributed by atoms with E-state index in [2.05, 4.69) is 16.9 Å². The highest BCUT2D eigenvalue weighted by Crippen LogP contribution is 2.27. The summed E-state index contributed by atoms with van der Waals surface area (Å²) in [5.74, 6) is 1.32. The molecule has 1 unspecified atom stereocenters. The largest absolute Gasteiger partial charge is 0.335 e. The zero-order chi connectivity index (χ0) is 14.1. The zero-order valence-corrected chi connectivity index (χ0v) is 12.9. The fraction of sp³-hybridized carbons (Fsp3) is 0.500. The highest BCUT2D eigenvalue weighted by molar-refractivity contribution is 7.16. The van der Waals surface area contributed by atoms with Crippen LogP contribution in [0.1, 0.15) is 32.0 Å². The zero-order valence-electron chi connectivity index (χ0n) is 11.3. The van der Waals surface area contributed by atoms with Crippen molar-refractivity contribution in [1.82, 2.24) is 14.9 Å². The van der Waals surface area contributed by atoms with Crippen molar-refractivity contribution in [3.8, 4) is 0 Å². The summed E-state index contributed by atoms with van der Waals surface area (Å²) < 4.78 is 0. The maximum atomic E-state index is 12.0. The SMILES string of the molecule is CCCC1CC(=O)N(Cc2nc(Cl)c3ccsc3n2)C1. The number of halogens is 1. The Balaban J connectivity index is 1.77. The molecule has 1 fully saturated rings. The Hall–Kier alpha value is -1.20. The number of likely N-dealkylation sites (tertiary alicyclic amines) is 1. The van der Waals surface area contributed by atoms with E-state index in [1.54, 1.807) is 11.3 Å². The molecule has 0 bridgehead atoms. The van der Waals surface area contributed by atoms with Gasteiger partial charge in [-0.25, -0.2) is 9.97 Å². The van der Waals surface area contributed by atoms with Crippen LogP contribution in [0.2, 0.25) is 5.15 Å². The molecule has 3 heterocycles. The fourth-order valence-electron chi connectivity index (χ4n) is 2.71. The average Bonchev–Trinajstić information content (AvgIpc) is 2.98. The van der Waals surface area contributed by atoms with Crippen LogP contribution in [-0.4, -0.2) is 27.3 Å². The van der Waals surface area contributed by atoms with Gasteiger partial charge in [0.15, 0.2) is 5.82 Å². The highest BCUT2D eigenvalue weighted by Gasteiger charge is 2.29. The summed E-state index contributed by atoms with van der Waals surface area (Å²) >= 11 is 7.70. The molecule has 1 aliphatic rings. The predicted molar refractivity (Wildman–Crippen MR) is 80.9 cm³/mol. The van der Waals surface area contributed by atoms with Gasteiger partial charge in [0, 0.05) is 18.4 Å². The first kappa shape index (κ1) is 13.8. The molecule has 0 spiro atoms. The van der Waals surface area contributed by atoms with Crippen molar-refractivity contribution < 1.29 is 4.79 Å². The second-order valence-electron chi connectivity index (χ2n) is 5.20. The Morgan fingerprint density at radius 1 is 1.50 bits per heavy atom. The summed E-state index contributed by atoms with van der Waals surface area (Å²) in [6.07, 6.45) is 2.88. The van der Waals surface area contributed by atoms with Crippen molar-refractivity contribution in [3.05, 3.63) is 22.4 Å². The lowest BCUT2D eigenvalue weighted by Crippen LogP contribution is -2.25. The molecule has 0 aromatic carbocycles. The molecule has 0 aliphatic carbocycles. The van der Waals surface area contributed by atoms with Gasteiger partial charge in [-0.15, -0.1) is 11.3 Å². The molecule has 106 valence electrons. The summed E-state index contributed by atoms with van der Waals surface area (Å²) in [4.78, 5) is 23.5. The minimum absolute atomic E-state index is 0.203. The number of aromatic nitrogens is 2. The van der Waals surface area contributed by atoms with Crippen LogP contribution < -0.4 is 0 Å². The number of hydrogen-bond acceptors (Lipinski definition) is 4. The van der Waals surface area contributed by atoms with E-state index in [-0.39, 0.29) is 5.91 Å². The summed E-state index contributed by atoms with van der Waals surface area (Å²) in [5, 5.41) is 3.31. The van der Waals surface area contributed by atoms with Gasteiger partial charge in [0.2, 0.25) is 5.91 Å². The lowest BCUT2D eigenvalue weighted by molar-refractivity contribution is -0.128. The van der Waals surface area contributed by atoms with Crippen LogP contribution in [0.3, 0.4) is 0 Å². The number of rotatable bonds is 4. The van der Waals surface area contributed by atoms with Gasteiger partial charge >= 0.3 is 0 Å². The van der Waals surface area contributed by atoms with Crippen molar-refractivity contribution >= 4 is 39.1 Å². The van der Waals surface area contributed by atoms with Gasteiger partial charge in [-0.05, 0) is 23.8 Å². The van der Waals surface area contributed by atoms with E-state index in [9.17, 15) is 4.79 Å². The molecular weight excluding hydrogens is 294 g/mol. The van der Waals surface area contributed by atoms with Crippen molar-refractivity contribution in [2.24, 2.45) is 5.92 Å². The Morgan fingerprint density at radius 3 is 3.15 bits per heavy atom. The molecule has 1 atom stereocenters. The smallest absolute Gasteiger partial charge is 0.223 e. The Labute approximate surface area is 126 Å². The quantitative estimate of drug-likeness (QED) is 0.812. The molecular formula is C14H16ClN3OS. The van der Waals surface area contributed by atoms with E-state index in [1.807, 2.05) is 16.3 Å². The second-order valence-corrected chi connectivity index (χ2v) is 6.46. The second kappa shape index (κ2) is 5.66. The van der Waals surface area contributed by atoms with Gasteiger partial charge in [-0.1, -0.05) is 24.9 Å². The van der Waals surface area contributed by atoms with Crippen molar-refractivity contribution in [1.29, 1.82) is 0 Å². The van der Waals surface area contributed by atoms with E-state index in [1.165, 1.54) is 0 Å². The molecule has 0 N–H and O–H groups in total. The molecule has 4 nitrogen and oxygen atoms in total. The van der Waals surface area contributed by atoms with Crippen LogP contribution in [0.5, 0.6) is 0 Å². The highest BCUT2D eigenvalue weighted by atomic mass is 35.5. The molecule has 6 heteroatoms. The predicted octanol–water partition coefficient (Wildman–Crippen LogP) is 3.49. The maximum absolute atomic E-state index is 12.0. The first-order chi connectivity index (χ1) is 9.67. The minimum Gasteiger partial charge on any atom is -0.335 e. The lowest BCUT2D eigenvalue weighted by Gasteiger charge is -2.15. The van der Waals surface area contributed by atoms with Gasteiger partial charge in [-0.3, -0.25) is 4.79 Å². The van der Waals surface area contributed by atoms with E-state index >= 15 is 0 Å². The Morgan fingerprint density at radius 2 is 2.35 bits per heavy atom. The summed E-state index contributed by atoms with van der Waals surface area (Å²) in [7, 11) is 0. The van der Waals surface area contributed by atoms with E-state index < -0.39 is 0 Å². The summed E-state index contributed by atoms with van der Waals surface area (Å²) in [6, 6.07) is 1.92. The van der Waals surface area contributed by atoms with Crippen LogP contribution in [0.4, 0.5) is 0 Å². The summed E-state index contributed by atoms with van der Waals surface area (Å²) in [5.41, 5.74) is 0. The average molecular weight is 310 g/mol. The molecule has 1 saturated heterocycles. The fourth-order valence-corrected chi connectivity index (χ4v) is 3.80. The Bertz CT molecular complexity index is 642. The standard InChI is InChI=1S/C14H16ClN3OS/c1-2-3-9-6-12(19)18(7-9)8-11-16-13(15)10-4-5-20-14(10)17-11/h4-5,9H,2-3,6-8H2,1H3. The molecule has 2 aromatic heterocycles. The van der Waals surface area contributed by atoms with E-state index in [4.69, 9.17) is 11.6 Å². The van der Waals surface area contributed by atoms with Gasteiger partial charge in [0.25, 0.3) is 0 Å². The molecule has 0 saturated carbocycles. The van der Waals surface area contributed by atoms with Gasteiger partial charge in [-0.2, -0.15) is 0 Å². The number of carbonyl (C=O) groups is 1. The molecule has 20 heavy (non-hydrogen) atoms. The normalized spacial score (nSPS) is 19.2. The molecule has 0 radical (unpaired) electrons. The molecule has 1 amide bonds. The van der Waals surface area contributed by atoms with Gasteiger partial charge in [0.1, 0.15) is 9.98 Å². The van der Waals surface area contributed by atoms with Crippen LogP contribution in [0.25, 0.3) is 10.2 Å². The number of carbonyl (C=O) groups excluding carboxylic acids is 1. The van der Waals surface area contributed by atoms with Crippen LogP contribution in [0, 0.1) is 5.92 Å². The van der Waals surface area contributed by atoms with Crippen molar-refractivity contribution in [2.45, 2.75) is 32.7 Å². The summed E-state index contributed by atoms with van der Waals surface area (Å²) in [6.45, 7) is 3.43. The van der Waals surface area contributed by atoms with Crippen LogP contribution in [-0.2, 0) is 11.3 Å². The van der Waals surface area contributed by atoms with Crippen molar-refractivity contribution in [2.75, 3.05) is 6.54 Å². The number of fused-ring (bicyclic) bond motifs is 1. The molecule has 1 aliphatic heterocycles. The Kier molecular flexibility index (Phi) is 3.89. The first-order valence-corrected chi connectivity index (χ1v) is 8.10.